The Bertz CT molecular complexity index is 620. The van der Waals surface area contributed by atoms with E-state index in [0.717, 1.165) is 11.1 Å². The molecule has 0 unspecified atom stereocenters. The number of carbonyl (C=O) groups is 2. The Morgan fingerprint density at radius 2 is 2.00 bits per heavy atom. The number of aryl methyl sites for hydroxylation is 1. The summed E-state index contributed by atoms with van der Waals surface area (Å²) in [6.45, 7) is 6.88. The van der Waals surface area contributed by atoms with Crippen LogP contribution in [0.5, 0.6) is 5.75 Å². The second-order valence-electron chi connectivity index (χ2n) is 6.96. The standard InChI is InChI=1S/C19H27NO5/c1-13(2)15-5-4-14(3)10-16(15)25-11-17(21)20-12-19(18(22)23)6-8-24-9-7-19/h4-5,10,13H,6-9,11-12H2,1-3H3,(H,20,21)(H,22,23). The molecule has 138 valence electrons. The van der Waals surface area contributed by atoms with E-state index in [1.54, 1.807) is 0 Å². The molecule has 1 amide bonds. The number of carbonyl (C=O) groups excluding carboxylic acids is 1. The summed E-state index contributed by atoms with van der Waals surface area (Å²) < 4.78 is 10.9. The van der Waals surface area contributed by atoms with Crippen molar-refractivity contribution in [1.82, 2.24) is 5.32 Å². The van der Waals surface area contributed by atoms with Crippen LogP contribution < -0.4 is 10.1 Å². The van der Waals surface area contributed by atoms with Gasteiger partial charge in [-0.25, -0.2) is 0 Å². The summed E-state index contributed by atoms with van der Waals surface area (Å²) in [5.74, 6) is -0.221. The largest absolute Gasteiger partial charge is 0.483 e. The SMILES string of the molecule is Cc1ccc(C(C)C)c(OCC(=O)NCC2(C(=O)O)CCOCC2)c1. The molecule has 1 aliphatic heterocycles. The van der Waals surface area contributed by atoms with E-state index in [1.165, 1.54) is 0 Å². The summed E-state index contributed by atoms with van der Waals surface area (Å²) >= 11 is 0. The Morgan fingerprint density at radius 1 is 1.32 bits per heavy atom. The highest BCUT2D eigenvalue weighted by molar-refractivity contribution is 5.80. The van der Waals surface area contributed by atoms with Gasteiger partial charge < -0.3 is 19.9 Å². The number of rotatable bonds is 7. The number of hydrogen-bond acceptors (Lipinski definition) is 4. The number of benzene rings is 1. The molecule has 0 aromatic heterocycles. The Balaban J connectivity index is 1.93. The van der Waals surface area contributed by atoms with E-state index in [-0.39, 0.29) is 25.0 Å². The van der Waals surface area contributed by atoms with Gasteiger partial charge in [-0.1, -0.05) is 26.0 Å². The molecule has 0 aliphatic carbocycles. The van der Waals surface area contributed by atoms with Gasteiger partial charge in [0.2, 0.25) is 0 Å². The van der Waals surface area contributed by atoms with Gasteiger partial charge in [-0.05, 0) is 42.9 Å². The van der Waals surface area contributed by atoms with Gasteiger partial charge in [0.15, 0.2) is 6.61 Å². The average Bonchev–Trinajstić information content (AvgIpc) is 2.58. The van der Waals surface area contributed by atoms with Crippen LogP contribution in [0.1, 0.15) is 43.7 Å². The molecule has 25 heavy (non-hydrogen) atoms. The monoisotopic (exact) mass is 349 g/mol. The minimum absolute atomic E-state index is 0.0960. The zero-order chi connectivity index (χ0) is 18.4. The topological polar surface area (TPSA) is 84.9 Å². The molecule has 0 atom stereocenters. The lowest BCUT2D eigenvalue weighted by atomic mass is 9.80. The van der Waals surface area contributed by atoms with E-state index >= 15 is 0 Å². The van der Waals surface area contributed by atoms with Crippen molar-refractivity contribution in [3.05, 3.63) is 29.3 Å². The Kier molecular flexibility index (Phi) is 6.42. The molecule has 1 heterocycles. The number of ether oxygens (including phenoxy) is 2. The van der Waals surface area contributed by atoms with Crippen molar-refractivity contribution >= 4 is 11.9 Å². The quantitative estimate of drug-likeness (QED) is 0.790. The number of hydrogen-bond donors (Lipinski definition) is 2. The fourth-order valence-electron chi connectivity index (χ4n) is 2.93. The first-order chi connectivity index (χ1) is 11.8. The van der Waals surface area contributed by atoms with Crippen molar-refractivity contribution in [2.45, 2.75) is 39.5 Å². The minimum atomic E-state index is -0.944. The highest BCUT2D eigenvalue weighted by Crippen LogP contribution is 2.30. The summed E-state index contributed by atoms with van der Waals surface area (Å²) in [6.07, 6.45) is 0.803. The molecular formula is C19H27NO5. The van der Waals surface area contributed by atoms with Crippen molar-refractivity contribution in [3.8, 4) is 5.75 Å². The van der Waals surface area contributed by atoms with Crippen LogP contribution in [0.2, 0.25) is 0 Å². The van der Waals surface area contributed by atoms with E-state index in [9.17, 15) is 14.7 Å². The van der Waals surface area contributed by atoms with E-state index < -0.39 is 11.4 Å². The summed E-state index contributed by atoms with van der Waals surface area (Å²) in [5.41, 5.74) is 1.16. The van der Waals surface area contributed by atoms with Crippen LogP contribution in [0.25, 0.3) is 0 Å². The normalized spacial score (nSPS) is 16.5. The predicted molar refractivity (Wildman–Crippen MR) is 93.9 cm³/mol. The molecule has 2 rings (SSSR count). The number of carboxylic acid groups (broad SMARTS) is 1. The molecule has 0 radical (unpaired) electrons. The molecule has 2 N–H and O–H groups in total. The molecule has 1 aliphatic rings. The van der Waals surface area contributed by atoms with Crippen LogP contribution in [-0.4, -0.2) is 43.3 Å². The zero-order valence-corrected chi connectivity index (χ0v) is 15.1. The van der Waals surface area contributed by atoms with Crippen LogP contribution in [0.3, 0.4) is 0 Å². The molecular weight excluding hydrogens is 322 g/mol. The Hall–Kier alpha value is -2.08. The molecule has 1 aromatic rings. The van der Waals surface area contributed by atoms with Crippen molar-refractivity contribution in [1.29, 1.82) is 0 Å². The third kappa shape index (κ3) is 4.95. The van der Waals surface area contributed by atoms with Crippen molar-refractivity contribution in [3.63, 3.8) is 0 Å². The highest BCUT2D eigenvalue weighted by atomic mass is 16.5. The van der Waals surface area contributed by atoms with Crippen LogP contribution in [0, 0.1) is 12.3 Å². The second-order valence-corrected chi connectivity index (χ2v) is 6.96. The van der Waals surface area contributed by atoms with Gasteiger partial charge in [-0.15, -0.1) is 0 Å². The van der Waals surface area contributed by atoms with E-state index in [1.807, 2.05) is 25.1 Å². The van der Waals surface area contributed by atoms with Crippen LogP contribution >= 0.6 is 0 Å². The first-order valence-corrected chi connectivity index (χ1v) is 8.65. The third-order valence-electron chi connectivity index (χ3n) is 4.68. The Morgan fingerprint density at radius 3 is 2.60 bits per heavy atom. The summed E-state index contributed by atoms with van der Waals surface area (Å²) in [4.78, 5) is 23.7. The van der Waals surface area contributed by atoms with Crippen LogP contribution in [0.15, 0.2) is 18.2 Å². The van der Waals surface area contributed by atoms with E-state index in [2.05, 4.69) is 19.2 Å². The number of carboxylic acids is 1. The molecule has 0 spiro atoms. The van der Waals surface area contributed by atoms with Gasteiger partial charge in [0.25, 0.3) is 5.91 Å². The zero-order valence-electron chi connectivity index (χ0n) is 15.1. The number of amides is 1. The maximum absolute atomic E-state index is 12.1. The van der Waals surface area contributed by atoms with E-state index in [0.29, 0.717) is 31.8 Å². The molecule has 1 aromatic carbocycles. The summed E-state index contributed by atoms with van der Waals surface area (Å²) in [5, 5.41) is 12.2. The van der Waals surface area contributed by atoms with Crippen LogP contribution in [-0.2, 0) is 14.3 Å². The third-order valence-corrected chi connectivity index (χ3v) is 4.68. The predicted octanol–water partition coefficient (Wildman–Crippen LogP) is 2.49. The molecule has 6 nitrogen and oxygen atoms in total. The maximum Gasteiger partial charge on any atom is 0.311 e. The lowest BCUT2D eigenvalue weighted by Crippen LogP contribution is -2.47. The molecule has 1 saturated heterocycles. The van der Waals surface area contributed by atoms with Crippen molar-refractivity contribution in [2.75, 3.05) is 26.4 Å². The molecule has 0 saturated carbocycles. The maximum atomic E-state index is 12.1. The molecule has 0 bridgehead atoms. The smallest absolute Gasteiger partial charge is 0.311 e. The number of aliphatic carboxylic acids is 1. The minimum Gasteiger partial charge on any atom is -0.483 e. The van der Waals surface area contributed by atoms with E-state index in [4.69, 9.17) is 9.47 Å². The highest BCUT2D eigenvalue weighted by Gasteiger charge is 2.40. The Labute approximate surface area is 148 Å². The van der Waals surface area contributed by atoms with Crippen molar-refractivity contribution in [2.24, 2.45) is 5.41 Å². The fraction of sp³-hybridized carbons (Fsp3) is 0.579. The van der Waals surface area contributed by atoms with Gasteiger partial charge in [-0.2, -0.15) is 0 Å². The van der Waals surface area contributed by atoms with Gasteiger partial charge in [0.05, 0.1) is 5.41 Å². The molecule has 1 fully saturated rings. The van der Waals surface area contributed by atoms with Gasteiger partial charge in [0.1, 0.15) is 5.75 Å². The first kappa shape index (κ1) is 19.2. The van der Waals surface area contributed by atoms with Crippen LogP contribution in [0.4, 0.5) is 0 Å². The van der Waals surface area contributed by atoms with Gasteiger partial charge >= 0.3 is 5.97 Å². The summed E-state index contributed by atoms with van der Waals surface area (Å²) in [6, 6.07) is 5.94. The average molecular weight is 349 g/mol. The van der Waals surface area contributed by atoms with Crippen molar-refractivity contribution < 1.29 is 24.2 Å². The lowest BCUT2D eigenvalue weighted by molar-refractivity contribution is -0.154. The summed E-state index contributed by atoms with van der Waals surface area (Å²) in [7, 11) is 0. The lowest BCUT2D eigenvalue weighted by Gasteiger charge is -2.33. The molecule has 6 heteroatoms. The first-order valence-electron chi connectivity index (χ1n) is 8.65. The second kappa shape index (κ2) is 8.34. The number of nitrogens with one attached hydrogen (secondary N) is 1. The van der Waals surface area contributed by atoms with Gasteiger partial charge in [-0.3, -0.25) is 9.59 Å². The fourth-order valence-corrected chi connectivity index (χ4v) is 2.93. The van der Waals surface area contributed by atoms with Gasteiger partial charge in [0, 0.05) is 19.8 Å².